The second-order valence-electron chi connectivity index (χ2n) is 7.27. The molecule has 2 heterocycles. The molecular weight excluding hydrogens is 354 g/mol. The number of rotatable bonds is 6. The number of nitrogens with one attached hydrogen (secondary N) is 1. The van der Waals surface area contributed by atoms with Crippen LogP contribution in [0.4, 0.5) is 0 Å². The molecule has 0 spiro atoms. The highest BCUT2D eigenvalue weighted by molar-refractivity contribution is 5.86. The van der Waals surface area contributed by atoms with Crippen molar-refractivity contribution in [3.05, 3.63) is 37.6 Å². The first kappa shape index (κ1) is 25.9. The second kappa shape index (κ2) is 15.9. The van der Waals surface area contributed by atoms with E-state index in [-0.39, 0.29) is 17.8 Å². The van der Waals surface area contributed by atoms with Gasteiger partial charge >= 0.3 is 5.97 Å². The van der Waals surface area contributed by atoms with Crippen LogP contribution in [0.15, 0.2) is 37.6 Å². The molecule has 1 amide bonds. The lowest BCUT2D eigenvalue weighted by molar-refractivity contribution is -0.139. The second-order valence-corrected chi connectivity index (χ2v) is 7.27. The van der Waals surface area contributed by atoms with E-state index >= 15 is 0 Å². The van der Waals surface area contributed by atoms with E-state index in [0.717, 1.165) is 32.4 Å². The Morgan fingerprint density at radius 1 is 1.25 bits per heavy atom. The maximum Gasteiger partial charge on any atom is 0.333 e. The summed E-state index contributed by atoms with van der Waals surface area (Å²) in [5.74, 6) is -0.109. The molecule has 28 heavy (non-hydrogen) atoms. The smallest absolute Gasteiger partial charge is 0.333 e. The van der Waals surface area contributed by atoms with Crippen molar-refractivity contribution in [2.24, 2.45) is 5.92 Å². The fraction of sp³-hybridized carbons (Fsp3) is 0.636. The first-order valence-corrected chi connectivity index (χ1v) is 10.1. The number of carbonyl (C=O) groups excluding carboxylic acids is 2. The summed E-state index contributed by atoms with van der Waals surface area (Å²) in [4.78, 5) is 26.0. The van der Waals surface area contributed by atoms with Crippen LogP contribution in [-0.2, 0) is 14.3 Å². The third kappa shape index (κ3) is 13.1. The van der Waals surface area contributed by atoms with Gasteiger partial charge in [-0.1, -0.05) is 25.7 Å². The monoisotopic (exact) mass is 393 g/mol. The lowest BCUT2D eigenvalue weighted by atomic mass is 10.0. The van der Waals surface area contributed by atoms with Crippen LogP contribution >= 0.6 is 0 Å². The zero-order valence-electron chi connectivity index (χ0n) is 18.0. The molecule has 6 heteroatoms. The van der Waals surface area contributed by atoms with E-state index in [2.05, 4.69) is 30.0 Å². The number of amides is 1. The molecule has 2 saturated heterocycles. The van der Waals surface area contributed by atoms with Gasteiger partial charge < -0.3 is 19.9 Å². The number of esters is 1. The summed E-state index contributed by atoms with van der Waals surface area (Å²) in [6.45, 7) is 16.9. The van der Waals surface area contributed by atoms with E-state index in [4.69, 9.17) is 4.74 Å². The fourth-order valence-corrected chi connectivity index (χ4v) is 2.56. The van der Waals surface area contributed by atoms with Gasteiger partial charge in [-0.05, 0) is 52.9 Å². The van der Waals surface area contributed by atoms with Crippen LogP contribution in [0.3, 0.4) is 0 Å². The average molecular weight is 394 g/mol. The Labute approximate surface area is 171 Å². The van der Waals surface area contributed by atoms with Crippen LogP contribution in [-0.4, -0.2) is 68.6 Å². The highest BCUT2D eigenvalue weighted by Gasteiger charge is 2.16. The maximum absolute atomic E-state index is 11.1. The summed E-state index contributed by atoms with van der Waals surface area (Å²) in [5.41, 5.74) is 0.448. The molecular formula is C22H39N3O3. The molecule has 0 saturated carbocycles. The summed E-state index contributed by atoms with van der Waals surface area (Å²) < 4.78 is 4.83. The first-order valence-electron chi connectivity index (χ1n) is 10.1. The Morgan fingerprint density at radius 2 is 1.89 bits per heavy atom. The zero-order chi connectivity index (χ0) is 21.4. The van der Waals surface area contributed by atoms with E-state index in [9.17, 15) is 9.59 Å². The third-order valence-electron chi connectivity index (χ3n) is 4.38. The van der Waals surface area contributed by atoms with Crippen molar-refractivity contribution in [3.8, 4) is 0 Å². The Bertz CT molecular complexity index is 497. The molecule has 0 aromatic carbocycles. The van der Waals surface area contributed by atoms with Crippen molar-refractivity contribution in [2.45, 2.75) is 39.0 Å². The summed E-state index contributed by atoms with van der Waals surface area (Å²) in [6.07, 6.45) is 9.58. The van der Waals surface area contributed by atoms with Gasteiger partial charge in [0.25, 0.3) is 0 Å². The van der Waals surface area contributed by atoms with Crippen LogP contribution in [0.25, 0.3) is 0 Å². The predicted octanol–water partition coefficient (Wildman–Crippen LogP) is 2.98. The fourth-order valence-electron chi connectivity index (χ4n) is 2.56. The molecule has 1 atom stereocenters. The molecule has 2 rings (SSSR count). The number of nitrogens with zero attached hydrogens (tertiary/aromatic N) is 2. The minimum atomic E-state index is -0.313. The molecule has 0 aliphatic carbocycles. The van der Waals surface area contributed by atoms with Gasteiger partial charge in [0.2, 0.25) is 5.91 Å². The molecule has 0 aromatic heterocycles. The van der Waals surface area contributed by atoms with Crippen LogP contribution in [0.1, 0.15) is 39.0 Å². The van der Waals surface area contributed by atoms with E-state index in [0.29, 0.717) is 12.2 Å². The molecule has 0 radical (unpaired) electrons. The maximum atomic E-state index is 11.1. The largest absolute Gasteiger partial charge is 0.461 e. The van der Waals surface area contributed by atoms with Gasteiger partial charge in [0.05, 0.1) is 5.92 Å². The van der Waals surface area contributed by atoms with Gasteiger partial charge in [-0.15, -0.1) is 6.58 Å². The highest BCUT2D eigenvalue weighted by Crippen LogP contribution is 2.12. The van der Waals surface area contributed by atoms with Gasteiger partial charge in [-0.3, -0.25) is 4.79 Å². The topological polar surface area (TPSA) is 61.9 Å². The molecule has 160 valence electrons. The lowest BCUT2D eigenvalue weighted by Crippen LogP contribution is -2.27. The van der Waals surface area contributed by atoms with Crippen LogP contribution < -0.4 is 5.32 Å². The highest BCUT2D eigenvalue weighted by atomic mass is 16.5. The van der Waals surface area contributed by atoms with E-state index in [1.165, 1.54) is 25.9 Å². The Hall–Kier alpha value is -2.08. The van der Waals surface area contributed by atoms with Crippen molar-refractivity contribution in [2.75, 3.05) is 46.9 Å². The summed E-state index contributed by atoms with van der Waals surface area (Å²) in [5, 5.41) is 2.84. The molecule has 2 fully saturated rings. The van der Waals surface area contributed by atoms with Gasteiger partial charge in [0, 0.05) is 31.8 Å². The minimum absolute atomic E-state index is 0.0579. The number of hydrogen-bond acceptors (Lipinski definition) is 5. The van der Waals surface area contributed by atoms with Crippen molar-refractivity contribution < 1.29 is 14.3 Å². The van der Waals surface area contributed by atoms with Gasteiger partial charge in [0.1, 0.15) is 6.61 Å². The lowest BCUT2D eigenvalue weighted by Gasteiger charge is -2.09. The van der Waals surface area contributed by atoms with Gasteiger partial charge in [0.15, 0.2) is 0 Å². The number of likely N-dealkylation sites (N-methyl/N-ethyl adjacent to an activating group) is 1. The number of hydrogen-bond donors (Lipinski definition) is 1. The van der Waals surface area contributed by atoms with Crippen molar-refractivity contribution in [1.29, 1.82) is 0 Å². The van der Waals surface area contributed by atoms with Crippen molar-refractivity contribution in [1.82, 2.24) is 15.1 Å². The van der Waals surface area contributed by atoms with Crippen molar-refractivity contribution >= 4 is 11.9 Å². The predicted molar refractivity (Wildman–Crippen MR) is 116 cm³/mol. The van der Waals surface area contributed by atoms with Crippen LogP contribution in [0.5, 0.6) is 0 Å². The van der Waals surface area contributed by atoms with E-state index in [1.54, 1.807) is 13.0 Å². The Balaban J connectivity index is 0.000000399. The number of likely N-dealkylation sites (tertiary alicyclic amines) is 1. The average Bonchev–Trinajstić information content (AvgIpc) is 3.10. The molecule has 2 aliphatic rings. The summed E-state index contributed by atoms with van der Waals surface area (Å²) >= 11 is 0. The van der Waals surface area contributed by atoms with Crippen LogP contribution in [0, 0.1) is 5.92 Å². The number of ether oxygens (including phenoxy) is 1. The molecule has 0 aromatic rings. The van der Waals surface area contributed by atoms with E-state index < -0.39 is 0 Å². The molecule has 2 aliphatic heterocycles. The normalized spacial score (nSPS) is 18.5. The minimum Gasteiger partial charge on any atom is -0.461 e. The Morgan fingerprint density at radius 3 is 2.36 bits per heavy atom. The Kier molecular flexibility index (Phi) is 14.7. The zero-order valence-corrected chi connectivity index (χ0v) is 18.0. The van der Waals surface area contributed by atoms with Crippen LogP contribution in [0.2, 0.25) is 0 Å². The molecule has 0 bridgehead atoms. The van der Waals surface area contributed by atoms with Crippen molar-refractivity contribution in [3.63, 3.8) is 0 Å². The molecule has 1 N–H and O–H groups in total. The van der Waals surface area contributed by atoms with Gasteiger partial charge in [-0.2, -0.15) is 0 Å². The molecule has 6 nitrogen and oxygen atoms in total. The third-order valence-corrected chi connectivity index (χ3v) is 4.38. The standard InChI is InChI=1S/C8H15NO2.C8H13NO.C6H11N/c1-7(2)8(10)11-6-5-9(3)4;1-2-7-5-3-4-6-9-8(7)10;1-2-7-5-3-4-6-7/h1,5-6H2,2-4H3;2,7H,1,3-6H2,(H,9,10);2H,1,3-6H2. The van der Waals surface area contributed by atoms with E-state index in [1.807, 2.05) is 25.2 Å². The summed E-state index contributed by atoms with van der Waals surface area (Å²) in [6, 6.07) is 0. The van der Waals surface area contributed by atoms with Gasteiger partial charge in [-0.25, -0.2) is 4.79 Å². The SMILES string of the molecule is C=C(C)C(=O)OCCN(C)C.C=CC1CCCCNC1=O.C=CN1CCCC1. The first-order chi connectivity index (χ1) is 13.3. The quantitative estimate of drug-likeness (QED) is 0.427. The summed E-state index contributed by atoms with van der Waals surface area (Å²) in [7, 11) is 3.85. The molecule has 1 unspecified atom stereocenters. The number of carbonyl (C=O) groups is 2.